The van der Waals surface area contributed by atoms with Crippen LogP contribution >= 0.6 is 11.3 Å². The SMILES string of the molecule is COCC(=O)Nc1nc(-c2cccc([N+](=O)[O-])c2)cs1. The summed E-state index contributed by atoms with van der Waals surface area (Å²) in [5, 5.41) is 15.5. The molecule has 0 radical (unpaired) electrons. The van der Waals surface area contributed by atoms with E-state index in [-0.39, 0.29) is 18.2 Å². The molecule has 2 rings (SSSR count). The summed E-state index contributed by atoms with van der Waals surface area (Å²) in [6.45, 7) is -0.0499. The van der Waals surface area contributed by atoms with Gasteiger partial charge in [-0.15, -0.1) is 11.3 Å². The first-order valence-electron chi connectivity index (χ1n) is 5.59. The largest absolute Gasteiger partial charge is 0.375 e. The first-order chi connectivity index (χ1) is 9.60. The van der Waals surface area contributed by atoms with E-state index in [0.717, 1.165) is 0 Å². The van der Waals surface area contributed by atoms with Gasteiger partial charge >= 0.3 is 0 Å². The van der Waals surface area contributed by atoms with Gasteiger partial charge < -0.3 is 4.74 Å². The normalized spacial score (nSPS) is 10.2. The molecule has 7 nitrogen and oxygen atoms in total. The van der Waals surface area contributed by atoms with E-state index in [1.807, 2.05) is 0 Å². The monoisotopic (exact) mass is 293 g/mol. The molecule has 1 aromatic carbocycles. The molecule has 0 aliphatic heterocycles. The molecule has 0 saturated carbocycles. The summed E-state index contributed by atoms with van der Waals surface area (Å²) in [5.41, 5.74) is 1.20. The van der Waals surface area contributed by atoms with Crippen molar-refractivity contribution in [2.45, 2.75) is 0 Å². The number of carbonyl (C=O) groups is 1. The molecule has 0 fully saturated rings. The molecular formula is C12H11N3O4S. The van der Waals surface area contributed by atoms with Gasteiger partial charge in [-0.1, -0.05) is 12.1 Å². The number of non-ortho nitro benzene ring substituents is 1. The lowest BCUT2D eigenvalue weighted by Crippen LogP contribution is -2.16. The third-order valence-corrected chi connectivity index (χ3v) is 3.14. The van der Waals surface area contributed by atoms with Gasteiger partial charge in [-0.2, -0.15) is 0 Å². The molecule has 1 N–H and O–H groups in total. The zero-order valence-electron chi connectivity index (χ0n) is 10.5. The second-order valence-electron chi connectivity index (χ2n) is 3.83. The fourth-order valence-electron chi connectivity index (χ4n) is 1.53. The van der Waals surface area contributed by atoms with Gasteiger partial charge in [0.25, 0.3) is 11.6 Å². The molecule has 0 atom stereocenters. The fourth-order valence-corrected chi connectivity index (χ4v) is 2.26. The number of aromatic nitrogens is 1. The molecule has 1 heterocycles. The minimum atomic E-state index is -0.461. The van der Waals surface area contributed by atoms with E-state index < -0.39 is 4.92 Å². The topological polar surface area (TPSA) is 94.4 Å². The van der Waals surface area contributed by atoms with E-state index in [0.29, 0.717) is 16.4 Å². The van der Waals surface area contributed by atoms with Crippen molar-refractivity contribution in [3.8, 4) is 11.3 Å². The summed E-state index contributed by atoms with van der Waals surface area (Å²) in [7, 11) is 1.43. The smallest absolute Gasteiger partial charge is 0.270 e. The van der Waals surface area contributed by atoms with Gasteiger partial charge in [0.05, 0.1) is 10.6 Å². The van der Waals surface area contributed by atoms with Crippen molar-refractivity contribution < 1.29 is 14.5 Å². The van der Waals surface area contributed by atoms with Crippen molar-refractivity contribution >= 4 is 28.1 Å². The number of nitrogens with zero attached hydrogens (tertiary/aromatic N) is 2. The molecule has 0 aliphatic rings. The Bertz CT molecular complexity index is 641. The Morgan fingerprint density at radius 2 is 2.35 bits per heavy atom. The summed E-state index contributed by atoms with van der Waals surface area (Å²) in [5.74, 6) is -0.299. The van der Waals surface area contributed by atoms with Gasteiger partial charge in [0.1, 0.15) is 6.61 Å². The molecule has 0 spiro atoms. The van der Waals surface area contributed by atoms with Crippen LogP contribution in [-0.4, -0.2) is 29.5 Å². The Hall–Kier alpha value is -2.32. The standard InChI is InChI=1S/C12H11N3O4S/c1-19-6-11(16)14-12-13-10(7-20-12)8-3-2-4-9(5-8)15(17)18/h2-5,7H,6H2,1H3,(H,13,14,16). The molecule has 8 heteroatoms. The minimum absolute atomic E-state index is 0.000434. The number of ether oxygens (including phenoxy) is 1. The quantitative estimate of drug-likeness (QED) is 0.674. The number of methoxy groups -OCH3 is 1. The lowest BCUT2D eigenvalue weighted by Gasteiger charge is -1.99. The van der Waals surface area contributed by atoms with E-state index in [2.05, 4.69) is 10.3 Å². The zero-order chi connectivity index (χ0) is 14.5. The highest BCUT2D eigenvalue weighted by Crippen LogP contribution is 2.27. The molecule has 0 aliphatic carbocycles. The van der Waals surface area contributed by atoms with Crippen molar-refractivity contribution in [3.05, 3.63) is 39.8 Å². The molecule has 1 amide bonds. The Balaban J connectivity index is 2.18. The Morgan fingerprint density at radius 1 is 1.55 bits per heavy atom. The van der Waals surface area contributed by atoms with Crippen molar-refractivity contribution in [3.63, 3.8) is 0 Å². The molecule has 0 bridgehead atoms. The van der Waals surface area contributed by atoms with Crippen LogP contribution in [0.25, 0.3) is 11.3 Å². The van der Waals surface area contributed by atoms with Gasteiger partial charge in [0.15, 0.2) is 5.13 Å². The summed E-state index contributed by atoms with van der Waals surface area (Å²) in [6, 6.07) is 6.17. The van der Waals surface area contributed by atoms with Gasteiger partial charge in [0.2, 0.25) is 0 Å². The van der Waals surface area contributed by atoms with Gasteiger partial charge in [-0.3, -0.25) is 20.2 Å². The maximum Gasteiger partial charge on any atom is 0.270 e. The van der Waals surface area contributed by atoms with Crippen LogP contribution < -0.4 is 5.32 Å². The van der Waals surface area contributed by atoms with Crippen LogP contribution in [0.1, 0.15) is 0 Å². The molecule has 1 aromatic heterocycles. The van der Waals surface area contributed by atoms with E-state index >= 15 is 0 Å². The average Bonchev–Trinajstić information content (AvgIpc) is 2.87. The molecule has 0 saturated heterocycles. The second-order valence-corrected chi connectivity index (χ2v) is 4.68. The number of nitrogens with one attached hydrogen (secondary N) is 1. The van der Waals surface area contributed by atoms with Crippen molar-refractivity contribution in [1.82, 2.24) is 4.98 Å². The van der Waals surface area contributed by atoms with Crippen LogP contribution in [-0.2, 0) is 9.53 Å². The van der Waals surface area contributed by atoms with Crippen molar-refractivity contribution in [2.75, 3.05) is 19.0 Å². The Labute approximate surface area is 118 Å². The predicted molar refractivity (Wildman–Crippen MR) is 74.7 cm³/mol. The number of rotatable bonds is 5. The number of thiazole rings is 1. The van der Waals surface area contributed by atoms with E-state index in [4.69, 9.17) is 4.74 Å². The summed E-state index contributed by atoms with van der Waals surface area (Å²) in [4.78, 5) is 25.8. The number of nitro groups is 1. The fraction of sp³-hybridized carbons (Fsp3) is 0.167. The van der Waals surface area contributed by atoms with Crippen LogP contribution in [0.15, 0.2) is 29.6 Å². The summed E-state index contributed by atoms with van der Waals surface area (Å²) < 4.78 is 4.70. The van der Waals surface area contributed by atoms with Gasteiger partial charge in [-0.25, -0.2) is 4.98 Å². The van der Waals surface area contributed by atoms with Crippen LogP contribution in [0, 0.1) is 10.1 Å². The van der Waals surface area contributed by atoms with Crippen molar-refractivity contribution in [1.29, 1.82) is 0 Å². The molecule has 0 unspecified atom stereocenters. The highest BCUT2D eigenvalue weighted by Gasteiger charge is 2.11. The third-order valence-electron chi connectivity index (χ3n) is 2.38. The lowest BCUT2D eigenvalue weighted by molar-refractivity contribution is -0.384. The molecule has 20 heavy (non-hydrogen) atoms. The number of hydrogen-bond acceptors (Lipinski definition) is 6. The summed E-state index contributed by atoms with van der Waals surface area (Å²) >= 11 is 1.24. The number of benzene rings is 1. The molecular weight excluding hydrogens is 282 g/mol. The number of nitro benzene ring substituents is 1. The first-order valence-corrected chi connectivity index (χ1v) is 6.47. The van der Waals surface area contributed by atoms with E-state index in [1.54, 1.807) is 17.5 Å². The highest BCUT2D eigenvalue weighted by molar-refractivity contribution is 7.14. The maximum absolute atomic E-state index is 11.3. The predicted octanol–water partition coefficient (Wildman–Crippen LogP) is 2.30. The molecule has 104 valence electrons. The van der Waals surface area contributed by atoms with Gasteiger partial charge in [0, 0.05) is 30.2 Å². The van der Waals surface area contributed by atoms with Crippen LogP contribution in [0.4, 0.5) is 10.8 Å². The van der Waals surface area contributed by atoms with Crippen molar-refractivity contribution in [2.24, 2.45) is 0 Å². The Morgan fingerprint density at radius 3 is 3.05 bits per heavy atom. The lowest BCUT2D eigenvalue weighted by atomic mass is 10.1. The summed E-state index contributed by atoms with van der Waals surface area (Å²) in [6.07, 6.45) is 0. The van der Waals surface area contributed by atoms with Crippen LogP contribution in [0.2, 0.25) is 0 Å². The van der Waals surface area contributed by atoms with E-state index in [9.17, 15) is 14.9 Å². The zero-order valence-corrected chi connectivity index (χ0v) is 11.3. The van der Waals surface area contributed by atoms with Crippen LogP contribution in [0.5, 0.6) is 0 Å². The number of hydrogen-bond donors (Lipinski definition) is 1. The highest BCUT2D eigenvalue weighted by atomic mass is 32.1. The number of anilines is 1. The minimum Gasteiger partial charge on any atom is -0.375 e. The third kappa shape index (κ3) is 3.37. The van der Waals surface area contributed by atoms with Gasteiger partial charge in [-0.05, 0) is 0 Å². The number of amides is 1. The first kappa shape index (κ1) is 14.1. The number of carbonyl (C=O) groups excluding carboxylic acids is 1. The molecule has 2 aromatic rings. The van der Waals surface area contributed by atoms with Crippen LogP contribution in [0.3, 0.4) is 0 Å². The Kier molecular flexibility index (Phi) is 4.38. The average molecular weight is 293 g/mol. The second kappa shape index (κ2) is 6.22. The van der Waals surface area contributed by atoms with E-state index in [1.165, 1.54) is 30.6 Å². The maximum atomic E-state index is 11.3.